The lowest BCUT2D eigenvalue weighted by molar-refractivity contribution is -0.127. The Balaban J connectivity index is 1.94. The minimum atomic E-state index is -0.627. The van der Waals surface area contributed by atoms with Crippen LogP contribution in [0.25, 0.3) is 0 Å². The van der Waals surface area contributed by atoms with Crippen molar-refractivity contribution in [1.82, 2.24) is 21.7 Å². The zero-order chi connectivity index (χ0) is 35.1. The van der Waals surface area contributed by atoms with Gasteiger partial charge in [-0.3, -0.25) is 40.9 Å². The summed E-state index contributed by atoms with van der Waals surface area (Å²) in [7, 11) is 0. The van der Waals surface area contributed by atoms with Gasteiger partial charge in [0.05, 0.1) is 11.1 Å². The van der Waals surface area contributed by atoms with Gasteiger partial charge in [-0.25, -0.2) is 0 Å². The number of rotatable bonds is 22. The molecule has 10 heteroatoms. The van der Waals surface area contributed by atoms with E-state index < -0.39 is 29.5 Å². The van der Waals surface area contributed by atoms with Gasteiger partial charge in [-0.2, -0.15) is 0 Å². The molecular formula is C38H58N4O6. The van der Waals surface area contributed by atoms with E-state index in [-0.39, 0.29) is 35.5 Å². The van der Waals surface area contributed by atoms with Crippen LogP contribution in [0.1, 0.15) is 155 Å². The van der Waals surface area contributed by atoms with Crippen LogP contribution in [0.4, 0.5) is 0 Å². The van der Waals surface area contributed by atoms with Gasteiger partial charge >= 0.3 is 0 Å². The van der Waals surface area contributed by atoms with Crippen molar-refractivity contribution in [2.75, 3.05) is 0 Å². The van der Waals surface area contributed by atoms with Crippen molar-refractivity contribution in [3.05, 3.63) is 58.7 Å². The van der Waals surface area contributed by atoms with Gasteiger partial charge in [-0.1, -0.05) is 104 Å². The van der Waals surface area contributed by atoms with Crippen molar-refractivity contribution in [1.29, 1.82) is 0 Å². The summed E-state index contributed by atoms with van der Waals surface area (Å²) in [5.74, 6) is -3.05. The Morgan fingerprint density at radius 2 is 1.02 bits per heavy atom. The average Bonchev–Trinajstić information content (AvgIpc) is 3.08. The van der Waals surface area contributed by atoms with E-state index in [0.29, 0.717) is 6.42 Å². The smallest absolute Gasteiger partial charge is 0.273 e. The number of aryl methyl sites for hydroxylation is 2. The number of aromatic hydroxyl groups is 2. The van der Waals surface area contributed by atoms with Crippen LogP contribution in [-0.4, -0.2) is 33.8 Å². The molecule has 266 valence electrons. The number of nitrogens with one attached hydrogen (secondary N) is 4. The number of phenolic OH excluding ortho intramolecular Hbond substituents is 2. The molecule has 6 N–H and O–H groups in total. The van der Waals surface area contributed by atoms with Gasteiger partial charge in [0.25, 0.3) is 11.8 Å². The Kier molecular flexibility index (Phi) is 19.4. The number of hydrogen-bond acceptors (Lipinski definition) is 6. The number of carbonyl (C=O) groups excluding carboxylic acids is 4. The third-order valence-electron chi connectivity index (χ3n) is 8.61. The summed E-state index contributed by atoms with van der Waals surface area (Å²) in [4.78, 5) is 51.5. The lowest BCUT2D eigenvalue weighted by Gasteiger charge is -2.18. The Bertz CT molecular complexity index is 1300. The van der Waals surface area contributed by atoms with Crippen molar-refractivity contribution in [2.24, 2.45) is 5.92 Å². The number of amides is 4. The van der Waals surface area contributed by atoms with Crippen LogP contribution in [0.3, 0.4) is 0 Å². The number of unbranched alkanes of at least 4 members (excludes halogenated alkanes) is 10. The predicted octanol–water partition coefficient (Wildman–Crippen LogP) is 7.32. The SMILES string of the molecule is CCCCCCCC(CCC(=O)NNC(=O)c1cc(CCCCCC)ccc1O)C(=O)NNC(=O)c1cc(CCCCCC)ccc1O. The normalized spacial score (nSPS) is 11.5. The van der Waals surface area contributed by atoms with Crippen LogP contribution < -0.4 is 21.7 Å². The zero-order valence-electron chi connectivity index (χ0n) is 29.3. The topological polar surface area (TPSA) is 157 Å². The lowest BCUT2D eigenvalue weighted by Crippen LogP contribution is -2.45. The van der Waals surface area contributed by atoms with Gasteiger partial charge in [-0.15, -0.1) is 0 Å². The highest BCUT2D eigenvalue weighted by molar-refractivity contribution is 5.98. The van der Waals surface area contributed by atoms with Crippen LogP contribution >= 0.6 is 0 Å². The second-order valence-electron chi connectivity index (χ2n) is 12.7. The lowest BCUT2D eigenvalue weighted by atomic mass is 9.95. The molecule has 0 aliphatic carbocycles. The molecule has 0 spiro atoms. The highest BCUT2D eigenvalue weighted by atomic mass is 16.3. The van der Waals surface area contributed by atoms with E-state index in [0.717, 1.165) is 107 Å². The van der Waals surface area contributed by atoms with Crippen LogP contribution in [0, 0.1) is 5.92 Å². The number of carbonyl (C=O) groups is 4. The summed E-state index contributed by atoms with van der Waals surface area (Å²) in [6, 6.07) is 9.86. The van der Waals surface area contributed by atoms with Crippen molar-refractivity contribution in [2.45, 2.75) is 136 Å². The molecule has 0 fully saturated rings. The first-order chi connectivity index (χ1) is 23.2. The molecule has 4 amide bonds. The molecule has 2 aromatic rings. The first-order valence-electron chi connectivity index (χ1n) is 18.0. The minimum Gasteiger partial charge on any atom is -0.507 e. The van der Waals surface area contributed by atoms with Crippen molar-refractivity contribution >= 4 is 23.6 Å². The number of benzene rings is 2. The number of hydrazine groups is 2. The Morgan fingerprint density at radius 1 is 0.562 bits per heavy atom. The van der Waals surface area contributed by atoms with E-state index in [4.69, 9.17) is 0 Å². The molecule has 1 unspecified atom stereocenters. The van der Waals surface area contributed by atoms with Crippen LogP contribution in [0.2, 0.25) is 0 Å². The Labute approximate surface area is 286 Å². The van der Waals surface area contributed by atoms with Crippen molar-refractivity contribution in [3.8, 4) is 11.5 Å². The van der Waals surface area contributed by atoms with Crippen LogP contribution in [0.15, 0.2) is 36.4 Å². The molecule has 2 rings (SSSR count). The molecular weight excluding hydrogens is 608 g/mol. The van der Waals surface area contributed by atoms with E-state index in [1.54, 1.807) is 24.3 Å². The molecule has 1 atom stereocenters. The van der Waals surface area contributed by atoms with Crippen LogP contribution in [0.5, 0.6) is 11.5 Å². The summed E-state index contributed by atoms with van der Waals surface area (Å²) < 4.78 is 0. The summed E-state index contributed by atoms with van der Waals surface area (Å²) in [5, 5.41) is 20.5. The predicted molar refractivity (Wildman–Crippen MR) is 189 cm³/mol. The molecule has 0 saturated carbocycles. The maximum Gasteiger partial charge on any atom is 0.273 e. The summed E-state index contributed by atoms with van der Waals surface area (Å²) >= 11 is 0. The largest absolute Gasteiger partial charge is 0.507 e. The highest BCUT2D eigenvalue weighted by Gasteiger charge is 2.22. The monoisotopic (exact) mass is 666 g/mol. The fourth-order valence-corrected chi connectivity index (χ4v) is 5.60. The molecule has 2 aromatic carbocycles. The number of phenols is 2. The first kappa shape index (κ1) is 40.1. The van der Waals surface area contributed by atoms with Crippen molar-refractivity contribution in [3.63, 3.8) is 0 Å². The average molecular weight is 667 g/mol. The van der Waals surface area contributed by atoms with E-state index in [9.17, 15) is 29.4 Å². The van der Waals surface area contributed by atoms with E-state index in [1.807, 2.05) is 0 Å². The van der Waals surface area contributed by atoms with Crippen LogP contribution in [-0.2, 0) is 22.4 Å². The van der Waals surface area contributed by atoms with E-state index in [1.165, 1.54) is 12.1 Å². The highest BCUT2D eigenvalue weighted by Crippen LogP contribution is 2.22. The zero-order valence-corrected chi connectivity index (χ0v) is 29.3. The molecule has 0 bridgehead atoms. The molecule has 48 heavy (non-hydrogen) atoms. The molecule has 0 radical (unpaired) electrons. The number of hydrogen-bond donors (Lipinski definition) is 6. The molecule has 0 aromatic heterocycles. The Morgan fingerprint density at radius 3 is 1.52 bits per heavy atom. The first-order valence-corrected chi connectivity index (χ1v) is 18.0. The fourth-order valence-electron chi connectivity index (χ4n) is 5.60. The maximum atomic E-state index is 13.2. The molecule has 0 heterocycles. The van der Waals surface area contributed by atoms with E-state index >= 15 is 0 Å². The van der Waals surface area contributed by atoms with Gasteiger partial charge in [0, 0.05) is 12.3 Å². The van der Waals surface area contributed by atoms with Gasteiger partial charge in [-0.05, 0) is 73.9 Å². The van der Waals surface area contributed by atoms with Gasteiger partial charge < -0.3 is 10.2 Å². The minimum absolute atomic E-state index is 0.0361. The third kappa shape index (κ3) is 15.2. The molecule has 10 nitrogen and oxygen atoms in total. The van der Waals surface area contributed by atoms with Gasteiger partial charge in [0.1, 0.15) is 11.5 Å². The molecule has 0 aliphatic rings. The van der Waals surface area contributed by atoms with Crippen molar-refractivity contribution < 1.29 is 29.4 Å². The summed E-state index contributed by atoms with van der Waals surface area (Å²) in [6.07, 6.45) is 16.0. The second-order valence-corrected chi connectivity index (χ2v) is 12.7. The fraction of sp³-hybridized carbons (Fsp3) is 0.579. The third-order valence-corrected chi connectivity index (χ3v) is 8.61. The Hall–Kier alpha value is -4.08. The quantitative estimate of drug-likeness (QED) is 0.0571. The second kappa shape index (κ2) is 23.3. The molecule has 0 saturated heterocycles. The summed E-state index contributed by atoms with van der Waals surface area (Å²) in [6.45, 7) is 6.42. The van der Waals surface area contributed by atoms with E-state index in [2.05, 4.69) is 42.5 Å². The van der Waals surface area contributed by atoms with Gasteiger partial charge in [0.2, 0.25) is 11.8 Å². The summed E-state index contributed by atoms with van der Waals surface area (Å²) in [5.41, 5.74) is 11.7. The van der Waals surface area contributed by atoms with Gasteiger partial charge in [0.15, 0.2) is 0 Å². The maximum absolute atomic E-state index is 13.2. The molecule has 0 aliphatic heterocycles. The standard InChI is InChI=1S/C38H58N4O6/c1-4-7-10-13-16-19-30(36(46)40-42-38(48)32-27-29(21-24-34(32)44)18-15-12-9-6-3)22-25-35(45)39-41-37(47)31-26-28(20-23-33(31)43)17-14-11-8-5-2/h20-21,23-24,26-27,30,43-44H,4-19,22,25H2,1-3H3,(H,39,45)(H,40,46)(H,41,47)(H,42,48).